The summed E-state index contributed by atoms with van der Waals surface area (Å²) >= 11 is 0. The molecule has 2 aromatic heterocycles. The quantitative estimate of drug-likeness (QED) is 0.525. The van der Waals surface area contributed by atoms with Crippen LogP contribution in [0.25, 0.3) is 16.8 Å². The molecule has 0 aliphatic heterocycles. The first-order chi connectivity index (χ1) is 5.25. The van der Waals surface area contributed by atoms with E-state index in [4.69, 9.17) is 10.3 Å². The van der Waals surface area contributed by atoms with Crippen LogP contribution >= 0.6 is 0 Å². The number of nitrogens with zero attached hydrogens (tertiary/aromatic N) is 1. The normalized spacial score (nSPS) is 10.6. The van der Waals surface area contributed by atoms with Gasteiger partial charge in [0.05, 0.1) is 5.39 Å². The molecule has 0 aliphatic rings. The van der Waals surface area contributed by atoms with Crippen LogP contribution in [-0.4, -0.2) is 0 Å². The molecular weight excluding hydrogens is 140 g/mol. The lowest BCUT2D eigenvalue weighted by Gasteiger charge is -1.91. The fraction of sp³-hybridized carbons (Fsp3) is 0.125. The Balaban J connectivity index is 2.82. The zero-order valence-corrected chi connectivity index (χ0v) is 6.16. The van der Waals surface area contributed by atoms with Gasteiger partial charge in [-0.3, -0.25) is 0 Å². The second kappa shape index (κ2) is 1.99. The third-order valence-electron chi connectivity index (χ3n) is 1.58. The molecule has 0 aromatic carbocycles. The number of nitrogens with one attached hydrogen (secondary N) is 1. The molecule has 0 radical (unpaired) electrons. The number of hydrogen-bond donors (Lipinski definition) is 0. The SMILES string of the molecule is Cc1cc2c[n+]([NH-])ccc2o1. The van der Waals surface area contributed by atoms with Gasteiger partial charge in [0.2, 0.25) is 0 Å². The highest BCUT2D eigenvalue weighted by atomic mass is 16.3. The van der Waals surface area contributed by atoms with E-state index in [-0.39, 0.29) is 0 Å². The molecule has 0 unspecified atom stereocenters. The van der Waals surface area contributed by atoms with E-state index in [1.165, 1.54) is 4.68 Å². The molecule has 2 rings (SSSR count). The molecule has 0 amide bonds. The van der Waals surface area contributed by atoms with Gasteiger partial charge in [0.25, 0.3) is 0 Å². The van der Waals surface area contributed by atoms with Crippen molar-refractivity contribution in [3.8, 4) is 0 Å². The first-order valence-corrected chi connectivity index (χ1v) is 3.39. The van der Waals surface area contributed by atoms with E-state index in [2.05, 4.69) is 0 Å². The van der Waals surface area contributed by atoms with Crippen molar-refractivity contribution in [2.45, 2.75) is 6.92 Å². The van der Waals surface area contributed by atoms with Gasteiger partial charge in [-0.15, -0.1) is 0 Å². The van der Waals surface area contributed by atoms with Gasteiger partial charge in [-0.05, 0) is 13.0 Å². The minimum atomic E-state index is 0.839. The smallest absolute Gasteiger partial charge is 0.175 e. The maximum absolute atomic E-state index is 7.26. The standard InChI is InChI=1S/C8H8N2O/c1-6-4-7-5-10(9)3-2-8(7)11-6/h2-5,9H,1H3. The number of pyridine rings is 1. The highest BCUT2D eigenvalue weighted by Crippen LogP contribution is 2.15. The maximum atomic E-state index is 7.26. The topological polar surface area (TPSA) is 40.8 Å². The Hall–Kier alpha value is -1.51. The van der Waals surface area contributed by atoms with E-state index in [1.807, 2.05) is 13.0 Å². The van der Waals surface area contributed by atoms with E-state index in [1.54, 1.807) is 18.5 Å². The fourth-order valence-electron chi connectivity index (χ4n) is 1.12. The van der Waals surface area contributed by atoms with Gasteiger partial charge in [-0.25, -0.2) is 4.68 Å². The third-order valence-corrected chi connectivity index (χ3v) is 1.58. The predicted molar refractivity (Wildman–Crippen MR) is 40.9 cm³/mol. The number of hydrogen-bond acceptors (Lipinski definition) is 1. The Labute approximate surface area is 64.0 Å². The van der Waals surface area contributed by atoms with Crippen LogP contribution in [0.1, 0.15) is 5.76 Å². The largest absolute Gasteiger partial charge is 0.461 e. The lowest BCUT2D eigenvalue weighted by molar-refractivity contribution is -0.604. The zero-order chi connectivity index (χ0) is 7.84. The summed E-state index contributed by atoms with van der Waals surface area (Å²) in [6.07, 6.45) is 3.36. The summed E-state index contributed by atoms with van der Waals surface area (Å²) in [5.41, 5.74) is 0.839. The van der Waals surface area contributed by atoms with Crippen LogP contribution < -0.4 is 4.68 Å². The van der Waals surface area contributed by atoms with Crippen molar-refractivity contribution in [2.24, 2.45) is 0 Å². The summed E-state index contributed by atoms with van der Waals surface area (Å²) < 4.78 is 6.59. The Morgan fingerprint density at radius 3 is 3.18 bits per heavy atom. The van der Waals surface area contributed by atoms with Crippen LogP contribution in [0, 0.1) is 6.92 Å². The van der Waals surface area contributed by atoms with E-state index >= 15 is 0 Å². The van der Waals surface area contributed by atoms with Gasteiger partial charge >= 0.3 is 0 Å². The van der Waals surface area contributed by atoms with Gasteiger partial charge in [0, 0.05) is 6.07 Å². The second-order valence-electron chi connectivity index (χ2n) is 2.53. The van der Waals surface area contributed by atoms with Gasteiger partial charge in [0.15, 0.2) is 12.4 Å². The molecule has 3 nitrogen and oxygen atoms in total. The number of aromatic nitrogens is 1. The first kappa shape index (κ1) is 6.22. The Morgan fingerprint density at radius 1 is 1.55 bits per heavy atom. The van der Waals surface area contributed by atoms with Gasteiger partial charge in [0.1, 0.15) is 11.3 Å². The van der Waals surface area contributed by atoms with Crippen LogP contribution in [0.4, 0.5) is 0 Å². The minimum absolute atomic E-state index is 0.839. The van der Waals surface area contributed by atoms with E-state index < -0.39 is 0 Å². The van der Waals surface area contributed by atoms with E-state index in [9.17, 15) is 0 Å². The molecule has 2 heterocycles. The molecule has 1 N–H and O–H groups in total. The Morgan fingerprint density at radius 2 is 2.36 bits per heavy atom. The first-order valence-electron chi connectivity index (χ1n) is 3.39. The van der Waals surface area contributed by atoms with Crippen molar-refractivity contribution >= 4 is 11.0 Å². The molecule has 56 valence electrons. The summed E-state index contributed by atoms with van der Waals surface area (Å²) in [5, 5.41) is 0.972. The van der Waals surface area contributed by atoms with Gasteiger partial charge in [-0.1, -0.05) is 0 Å². The predicted octanol–water partition coefficient (Wildman–Crippen LogP) is 1.84. The molecule has 3 heteroatoms. The van der Waals surface area contributed by atoms with Crippen LogP contribution in [0.3, 0.4) is 0 Å². The Kier molecular flexibility index (Phi) is 1.12. The van der Waals surface area contributed by atoms with E-state index in [0.717, 1.165) is 16.7 Å². The third kappa shape index (κ3) is 0.941. The lowest BCUT2D eigenvalue weighted by atomic mass is 10.3. The average Bonchev–Trinajstić information content (AvgIpc) is 2.27. The molecule has 2 aromatic rings. The summed E-state index contributed by atoms with van der Waals surface area (Å²) in [5.74, 6) is 8.14. The highest BCUT2D eigenvalue weighted by Gasteiger charge is 2.01. The summed E-state index contributed by atoms with van der Waals surface area (Å²) in [4.78, 5) is 0. The van der Waals surface area contributed by atoms with Crippen molar-refractivity contribution in [1.29, 1.82) is 0 Å². The summed E-state index contributed by atoms with van der Waals surface area (Å²) in [7, 11) is 0. The number of aryl methyl sites for hydroxylation is 1. The zero-order valence-electron chi connectivity index (χ0n) is 6.16. The molecule has 0 fully saturated rings. The monoisotopic (exact) mass is 148 g/mol. The molecule has 0 bridgehead atoms. The Bertz CT molecular complexity index is 392. The molecule has 11 heavy (non-hydrogen) atoms. The van der Waals surface area contributed by atoms with Gasteiger partial charge < -0.3 is 10.3 Å². The molecule has 0 saturated carbocycles. The number of rotatable bonds is 0. The van der Waals surface area contributed by atoms with Crippen molar-refractivity contribution in [3.05, 3.63) is 36.1 Å². The summed E-state index contributed by atoms with van der Waals surface area (Å²) in [6, 6.07) is 3.70. The van der Waals surface area contributed by atoms with Crippen LogP contribution in [0.15, 0.2) is 28.9 Å². The van der Waals surface area contributed by atoms with Crippen molar-refractivity contribution < 1.29 is 9.09 Å². The highest BCUT2D eigenvalue weighted by molar-refractivity contribution is 5.75. The molecule has 0 atom stereocenters. The molecular formula is C8H8N2O. The fourth-order valence-corrected chi connectivity index (χ4v) is 1.12. The molecule has 0 saturated heterocycles. The second-order valence-corrected chi connectivity index (χ2v) is 2.53. The van der Waals surface area contributed by atoms with E-state index in [0.29, 0.717) is 0 Å². The van der Waals surface area contributed by atoms with Crippen molar-refractivity contribution in [3.63, 3.8) is 0 Å². The van der Waals surface area contributed by atoms with Crippen molar-refractivity contribution in [2.75, 3.05) is 0 Å². The van der Waals surface area contributed by atoms with Crippen LogP contribution in [0.2, 0.25) is 0 Å². The van der Waals surface area contributed by atoms with Gasteiger partial charge in [-0.2, -0.15) is 0 Å². The molecule has 0 spiro atoms. The molecule has 0 aliphatic carbocycles. The number of fused-ring (bicyclic) bond motifs is 1. The minimum Gasteiger partial charge on any atom is -0.461 e. The number of furan rings is 1. The maximum Gasteiger partial charge on any atom is 0.175 e. The van der Waals surface area contributed by atoms with Crippen LogP contribution in [0.5, 0.6) is 0 Å². The van der Waals surface area contributed by atoms with Crippen molar-refractivity contribution in [1.82, 2.24) is 0 Å². The van der Waals surface area contributed by atoms with Crippen LogP contribution in [-0.2, 0) is 0 Å². The average molecular weight is 148 g/mol. The lowest BCUT2D eigenvalue weighted by Crippen LogP contribution is -2.20. The summed E-state index contributed by atoms with van der Waals surface area (Å²) in [6.45, 7) is 1.90.